The normalized spacial score (nSPS) is 17.7. The van der Waals surface area contributed by atoms with E-state index >= 15 is 0 Å². The molecule has 0 aromatic carbocycles. The molecular weight excluding hydrogens is 266 g/mol. The number of hydrogen-bond donors (Lipinski definition) is 3. The van der Waals surface area contributed by atoms with Crippen LogP contribution in [0.4, 0.5) is 0 Å². The van der Waals surface area contributed by atoms with Crippen LogP contribution >= 0.6 is 0 Å². The van der Waals surface area contributed by atoms with Gasteiger partial charge in [-0.25, -0.2) is 13.1 Å². The van der Waals surface area contributed by atoms with Gasteiger partial charge in [0, 0.05) is 25.2 Å². The number of nitrogens with two attached hydrogens (primary N) is 1. The van der Waals surface area contributed by atoms with E-state index in [1.54, 1.807) is 0 Å². The molecule has 7 nitrogen and oxygen atoms in total. The number of likely N-dealkylation sites (tertiary alicyclic amines) is 1. The van der Waals surface area contributed by atoms with Crippen LogP contribution in [-0.4, -0.2) is 49.7 Å². The number of aromatic amines is 1. The van der Waals surface area contributed by atoms with Crippen LogP contribution in [0.5, 0.6) is 0 Å². The summed E-state index contributed by atoms with van der Waals surface area (Å²) in [6, 6.07) is 0. The molecule has 1 aromatic rings. The molecule has 0 radical (unpaired) electrons. The summed E-state index contributed by atoms with van der Waals surface area (Å²) in [7, 11) is -3.54. The first-order valence-electron chi connectivity index (χ1n) is 6.58. The van der Waals surface area contributed by atoms with E-state index in [1.165, 1.54) is 25.5 Å². The molecule has 0 saturated carbocycles. The lowest BCUT2D eigenvalue weighted by Gasteiger charge is -2.26. The average Bonchev–Trinajstić information content (AvgIpc) is 2.89. The highest BCUT2D eigenvalue weighted by Gasteiger charge is 2.20. The van der Waals surface area contributed by atoms with Gasteiger partial charge in [-0.15, -0.1) is 0 Å². The summed E-state index contributed by atoms with van der Waals surface area (Å²) in [5.41, 5.74) is 5.98. The molecule has 1 saturated heterocycles. The van der Waals surface area contributed by atoms with E-state index in [0.717, 1.165) is 19.6 Å². The summed E-state index contributed by atoms with van der Waals surface area (Å²) in [5, 5.41) is 6.29. The lowest BCUT2D eigenvalue weighted by molar-refractivity contribution is 0.232. The Labute approximate surface area is 113 Å². The lowest BCUT2D eigenvalue weighted by atomic mass is 10.1. The van der Waals surface area contributed by atoms with Crippen LogP contribution in [0.15, 0.2) is 11.2 Å². The Morgan fingerprint density at radius 1 is 1.37 bits per heavy atom. The van der Waals surface area contributed by atoms with Gasteiger partial charge in [-0.2, -0.15) is 5.10 Å². The van der Waals surface area contributed by atoms with Gasteiger partial charge in [0.25, 0.3) is 10.0 Å². The fraction of sp³-hybridized carbons (Fsp3) is 0.727. The average molecular weight is 287 g/mol. The van der Waals surface area contributed by atoms with Gasteiger partial charge in [0.15, 0.2) is 5.03 Å². The van der Waals surface area contributed by atoms with Crippen LogP contribution in [0, 0.1) is 0 Å². The minimum atomic E-state index is -3.54. The van der Waals surface area contributed by atoms with Gasteiger partial charge < -0.3 is 10.6 Å². The van der Waals surface area contributed by atoms with E-state index in [0.29, 0.717) is 12.1 Å². The van der Waals surface area contributed by atoms with Crippen molar-refractivity contribution in [2.45, 2.75) is 30.8 Å². The third-order valence-electron chi connectivity index (χ3n) is 3.34. The Bertz CT molecular complexity index is 493. The highest BCUT2D eigenvalue weighted by molar-refractivity contribution is 7.89. The first kappa shape index (κ1) is 14.4. The number of piperidine rings is 1. The lowest BCUT2D eigenvalue weighted by Crippen LogP contribution is -2.37. The maximum absolute atomic E-state index is 12.1. The second kappa shape index (κ2) is 6.47. The van der Waals surface area contributed by atoms with E-state index in [-0.39, 0.29) is 11.6 Å². The zero-order valence-electron chi connectivity index (χ0n) is 10.9. The zero-order chi connectivity index (χ0) is 13.7. The summed E-state index contributed by atoms with van der Waals surface area (Å²) < 4.78 is 26.7. The largest absolute Gasteiger partial charge is 0.326 e. The predicted molar refractivity (Wildman–Crippen MR) is 72.0 cm³/mol. The van der Waals surface area contributed by atoms with Crippen molar-refractivity contribution >= 4 is 10.0 Å². The molecule has 0 aliphatic carbocycles. The zero-order valence-corrected chi connectivity index (χ0v) is 11.7. The quantitative estimate of drug-likeness (QED) is 0.662. The molecule has 0 spiro atoms. The molecule has 4 N–H and O–H groups in total. The number of nitrogens with zero attached hydrogens (tertiary/aromatic N) is 2. The van der Waals surface area contributed by atoms with Crippen molar-refractivity contribution in [3.8, 4) is 0 Å². The Kier molecular flexibility index (Phi) is 4.92. The van der Waals surface area contributed by atoms with Crippen molar-refractivity contribution in [3.63, 3.8) is 0 Å². The Balaban J connectivity index is 1.87. The number of rotatable bonds is 6. The summed E-state index contributed by atoms with van der Waals surface area (Å²) in [6.45, 7) is 3.41. The maximum Gasteiger partial charge on any atom is 0.257 e. The summed E-state index contributed by atoms with van der Waals surface area (Å²) in [5.74, 6) is 0. The van der Waals surface area contributed by atoms with Crippen molar-refractivity contribution in [2.75, 3.05) is 26.2 Å². The molecule has 108 valence electrons. The molecule has 2 heterocycles. The molecule has 1 fully saturated rings. The van der Waals surface area contributed by atoms with E-state index in [1.807, 2.05) is 0 Å². The standard InChI is InChI=1S/C11H21N5O2S/c12-8-10-9-13-15-11(10)19(17,18)14-4-7-16-5-2-1-3-6-16/h9,14H,1-8,12H2,(H,13,15). The summed E-state index contributed by atoms with van der Waals surface area (Å²) in [6.07, 6.45) is 5.12. The van der Waals surface area contributed by atoms with Crippen LogP contribution in [0.3, 0.4) is 0 Å². The molecule has 0 amide bonds. The SMILES string of the molecule is NCc1cn[nH]c1S(=O)(=O)NCCN1CCCCC1. The Hall–Kier alpha value is -0.960. The number of aromatic nitrogens is 2. The molecule has 1 aliphatic rings. The van der Waals surface area contributed by atoms with Crippen LogP contribution in [0.2, 0.25) is 0 Å². The highest BCUT2D eigenvalue weighted by Crippen LogP contribution is 2.11. The molecule has 2 rings (SSSR count). The molecule has 19 heavy (non-hydrogen) atoms. The molecular formula is C11H21N5O2S. The van der Waals surface area contributed by atoms with E-state index in [4.69, 9.17) is 5.73 Å². The molecule has 1 aromatic heterocycles. The fourth-order valence-corrected chi connectivity index (χ4v) is 3.43. The molecule has 0 unspecified atom stereocenters. The first-order valence-corrected chi connectivity index (χ1v) is 8.06. The predicted octanol–water partition coefficient (Wildman–Crippen LogP) is -0.367. The monoisotopic (exact) mass is 287 g/mol. The Morgan fingerprint density at radius 3 is 2.79 bits per heavy atom. The van der Waals surface area contributed by atoms with Gasteiger partial charge in [-0.3, -0.25) is 5.10 Å². The summed E-state index contributed by atoms with van der Waals surface area (Å²) >= 11 is 0. The van der Waals surface area contributed by atoms with E-state index < -0.39 is 10.0 Å². The molecule has 0 bridgehead atoms. The second-order valence-corrected chi connectivity index (χ2v) is 6.43. The highest BCUT2D eigenvalue weighted by atomic mass is 32.2. The van der Waals surface area contributed by atoms with Crippen molar-refractivity contribution in [1.29, 1.82) is 0 Å². The smallest absolute Gasteiger partial charge is 0.257 e. The van der Waals surface area contributed by atoms with Gasteiger partial charge in [0.1, 0.15) is 0 Å². The Morgan fingerprint density at radius 2 is 2.11 bits per heavy atom. The van der Waals surface area contributed by atoms with Gasteiger partial charge in [-0.1, -0.05) is 6.42 Å². The van der Waals surface area contributed by atoms with Crippen LogP contribution < -0.4 is 10.5 Å². The number of sulfonamides is 1. The molecule has 0 atom stereocenters. The maximum atomic E-state index is 12.1. The van der Waals surface area contributed by atoms with Crippen molar-refractivity contribution < 1.29 is 8.42 Å². The third-order valence-corrected chi connectivity index (χ3v) is 4.81. The molecule has 1 aliphatic heterocycles. The minimum Gasteiger partial charge on any atom is -0.326 e. The van der Waals surface area contributed by atoms with E-state index in [2.05, 4.69) is 19.8 Å². The van der Waals surface area contributed by atoms with Gasteiger partial charge in [-0.05, 0) is 25.9 Å². The number of nitrogens with one attached hydrogen (secondary N) is 2. The topological polar surface area (TPSA) is 104 Å². The van der Waals surface area contributed by atoms with Gasteiger partial charge in [0.05, 0.1) is 6.20 Å². The third kappa shape index (κ3) is 3.75. The van der Waals surface area contributed by atoms with Crippen LogP contribution in [0.1, 0.15) is 24.8 Å². The van der Waals surface area contributed by atoms with E-state index in [9.17, 15) is 8.42 Å². The molecule has 8 heteroatoms. The number of H-pyrrole nitrogens is 1. The number of hydrogen-bond acceptors (Lipinski definition) is 5. The van der Waals surface area contributed by atoms with Gasteiger partial charge in [0.2, 0.25) is 0 Å². The second-order valence-electron chi connectivity index (χ2n) is 4.73. The van der Waals surface area contributed by atoms with Gasteiger partial charge >= 0.3 is 0 Å². The fourth-order valence-electron chi connectivity index (χ4n) is 2.27. The van der Waals surface area contributed by atoms with Crippen LogP contribution in [-0.2, 0) is 16.6 Å². The first-order chi connectivity index (χ1) is 9.13. The van der Waals surface area contributed by atoms with Crippen molar-refractivity contribution in [1.82, 2.24) is 19.8 Å². The van der Waals surface area contributed by atoms with Crippen molar-refractivity contribution in [2.24, 2.45) is 5.73 Å². The summed E-state index contributed by atoms with van der Waals surface area (Å²) in [4.78, 5) is 2.28. The minimum absolute atomic E-state index is 0.0774. The van der Waals surface area contributed by atoms with Crippen LogP contribution in [0.25, 0.3) is 0 Å². The van der Waals surface area contributed by atoms with Crippen molar-refractivity contribution in [3.05, 3.63) is 11.8 Å².